The Bertz CT molecular complexity index is 385. The Hall–Kier alpha value is -1.06. The molecule has 1 aromatic carbocycles. The van der Waals surface area contributed by atoms with Crippen LogP contribution in [0.15, 0.2) is 24.3 Å². The first-order valence-corrected chi connectivity index (χ1v) is 6.86. The lowest BCUT2D eigenvalue weighted by molar-refractivity contribution is -0.120. The van der Waals surface area contributed by atoms with Crippen LogP contribution in [-0.4, -0.2) is 25.0 Å². The Morgan fingerprint density at radius 1 is 1.39 bits per heavy atom. The molecule has 3 nitrogen and oxygen atoms in total. The maximum absolute atomic E-state index is 11.7. The first-order chi connectivity index (χ1) is 8.74. The van der Waals surface area contributed by atoms with Gasteiger partial charge in [0.25, 0.3) is 0 Å². The van der Waals surface area contributed by atoms with Gasteiger partial charge in [0.2, 0.25) is 5.91 Å². The predicted molar refractivity (Wildman–Crippen MR) is 73.8 cm³/mol. The van der Waals surface area contributed by atoms with E-state index in [9.17, 15) is 4.79 Å². The molecule has 1 aliphatic heterocycles. The average molecular weight is 267 g/mol. The summed E-state index contributed by atoms with van der Waals surface area (Å²) in [5.41, 5.74) is 0.996. The minimum Gasteiger partial charge on any atom is -0.356 e. The Morgan fingerprint density at radius 2 is 2.17 bits per heavy atom. The van der Waals surface area contributed by atoms with Crippen LogP contribution in [0.3, 0.4) is 0 Å². The molecule has 1 aromatic rings. The highest BCUT2D eigenvalue weighted by Crippen LogP contribution is 2.10. The van der Waals surface area contributed by atoms with Crippen LogP contribution in [-0.2, 0) is 11.2 Å². The highest BCUT2D eigenvalue weighted by Gasteiger charge is 2.13. The van der Waals surface area contributed by atoms with Gasteiger partial charge in [0.05, 0.1) is 6.42 Å². The fourth-order valence-electron chi connectivity index (χ4n) is 2.24. The lowest BCUT2D eigenvalue weighted by atomic mass is 10.1. The average Bonchev–Trinajstić information content (AvgIpc) is 2.85. The van der Waals surface area contributed by atoms with Crippen molar-refractivity contribution in [3.63, 3.8) is 0 Å². The van der Waals surface area contributed by atoms with Gasteiger partial charge in [-0.15, -0.1) is 0 Å². The van der Waals surface area contributed by atoms with Gasteiger partial charge in [-0.2, -0.15) is 0 Å². The van der Waals surface area contributed by atoms with E-state index in [1.165, 1.54) is 12.8 Å². The zero-order chi connectivity index (χ0) is 12.8. The molecule has 4 heteroatoms. The molecule has 0 aliphatic carbocycles. The molecule has 0 saturated carbocycles. The number of hydrogen-bond acceptors (Lipinski definition) is 2. The lowest BCUT2D eigenvalue weighted by Crippen LogP contribution is -2.31. The van der Waals surface area contributed by atoms with Crippen molar-refractivity contribution >= 4 is 17.5 Å². The third-order valence-electron chi connectivity index (χ3n) is 3.26. The van der Waals surface area contributed by atoms with E-state index in [2.05, 4.69) is 10.6 Å². The molecule has 2 N–H and O–H groups in total. The lowest BCUT2D eigenvalue weighted by Gasteiger charge is -2.10. The monoisotopic (exact) mass is 266 g/mol. The molecular formula is C14H19ClN2O. The molecule has 1 fully saturated rings. The highest BCUT2D eigenvalue weighted by atomic mass is 35.5. The summed E-state index contributed by atoms with van der Waals surface area (Å²) >= 11 is 5.80. The first-order valence-electron chi connectivity index (χ1n) is 6.48. The molecule has 18 heavy (non-hydrogen) atoms. The standard InChI is InChI=1S/C14H19ClN2O/c15-12-5-3-11(4-6-12)10-14(18)17-9-7-13-2-1-8-16-13/h3-6,13,16H,1-2,7-10H2,(H,17,18)/t13-/m1/s1. The second-order valence-electron chi connectivity index (χ2n) is 4.74. The maximum Gasteiger partial charge on any atom is 0.224 e. The van der Waals surface area contributed by atoms with Crippen molar-refractivity contribution in [2.75, 3.05) is 13.1 Å². The van der Waals surface area contributed by atoms with Crippen LogP contribution in [0, 0.1) is 0 Å². The van der Waals surface area contributed by atoms with Gasteiger partial charge in [0, 0.05) is 17.6 Å². The Balaban J connectivity index is 1.66. The van der Waals surface area contributed by atoms with Crippen LogP contribution in [0.2, 0.25) is 5.02 Å². The molecule has 1 atom stereocenters. The quantitative estimate of drug-likeness (QED) is 0.857. The number of nitrogens with one attached hydrogen (secondary N) is 2. The summed E-state index contributed by atoms with van der Waals surface area (Å²) in [6.07, 6.45) is 3.93. The third-order valence-corrected chi connectivity index (χ3v) is 3.51. The van der Waals surface area contributed by atoms with Gasteiger partial charge in [-0.1, -0.05) is 23.7 Å². The van der Waals surface area contributed by atoms with Crippen molar-refractivity contribution in [2.24, 2.45) is 0 Å². The molecule has 0 aromatic heterocycles. The minimum atomic E-state index is 0.0790. The minimum absolute atomic E-state index is 0.0790. The van der Waals surface area contributed by atoms with E-state index in [0.29, 0.717) is 17.5 Å². The molecule has 1 heterocycles. The number of carbonyl (C=O) groups is 1. The van der Waals surface area contributed by atoms with Crippen molar-refractivity contribution in [2.45, 2.75) is 31.7 Å². The van der Waals surface area contributed by atoms with Crippen molar-refractivity contribution in [1.29, 1.82) is 0 Å². The number of hydrogen-bond donors (Lipinski definition) is 2. The summed E-state index contributed by atoms with van der Waals surface area (Å²) in [6, 6.07) is 7.99. The summed E-state index contributed by atoms with van der Waals surface area (Å²) in [5.74, 6) is 0.0790. The van der Waals surface area contributed by atoms with Gasteiger partial charge in [0.15, 0.2) is 0 Å². The van der Waals surface area contributed by atoms with Gasteiger partial charge >= 0.3 is 0 Å². The number of amides is 1. The SMILES string of the molecule is O=C(Cc1ccc(Cl)cc1)NCC[C@H]1CCCN1. The topological polar surface area (TPSA) is 41.1 Å². The molecule has 1 saturated heterocycles. The molecule has 0 bridgehead atoms. The summed E-state index contributed by atoms with van der Waals surface area (Å²) in [4.78, 5) is 11.7. The number of benzene rings is 1. The second-order valence-corrected chi connectivity index (χ2v) is 5.17. The van der Waals surface area contributed by atoms with E-state index in [-0.39, 0.29) is 5.91 Å². The van der Waals surface area contributed by atoms with E-state index in [4.69, 9.17) is 11.6 Å². The van der Waals surface area contributed by atoms with E-state index in [0.717, 1.165) is 25.1 Å². The van der Waals surface area contributed by atoms with Gasteiger partial charge in [-0.3, -0.25) is 4.79 Å². The predicted octanol–water partition coefficient (Wildman–Crippen LogP) is 2.14. The van der Waals surface area contributed by atoms with Crippen molar-refractivity contribution in [3.05, 3.63) is 34.9 Å². The van der Waals surface area contributed by atoms with Crippen LogP contribution < -0.4 is 10.6 Å². The normalized spacial score (nSPS) is 18.8. The smallest absolute Gasteiger partial charge is 0.224 e. The van der Waals surface area contributed by atoms with E-state index < -0.39 is 0 Å². The number of rotatable bonds is 5. The zero-order valence-corrected chi connectivity index (χ0v) is 11.2. The van der Waals surface area contributed by atoms with Crippen LogP contribution in [0.4, 0.5) is 0 Å². The molecular weight excluding hydrogens is 248 g/mol. The van der Waals surface area contributed by atoms with E-state index in [1.54, 1.807) is 0 Å². The molecule has 0 radical (unpaired) electrons. The fraction of sp³-hybridized carbons (Fsp3) is 0.500. The fourth-order valence-corrected chi connectivity index (χ4v) is 2.37. The van der Waals surface area contributed by atoms with E-state index in [1.807, 2.05) is 24.3 Å². The summed E-state index contributed by atoms with van der Waals surface area (Å²) < 4.78 is 0. The third kappa shape index (κ3) is 4.31. The molecule has 0 unspecified atom stereocenters. The van der Waals surface area contributed by atoms with Gasteiger partial charge in [-0.05, 0) is 43.5 Å². The second kappa shape index (κ2) is 6.76. The number of carbonyl (C=O) groups excluding carboxylic acids is 1. The van der Waals surface area contributed by atoms with Crippen LogP contribution in [0.25, 0.3) is 0 Å². The first kappa shape index (κ1) is 13.4. The van der Waals surface area contributed by atoms with Crippen LogP contribution in [0.1, 0.15) is 24.8 Å². The van der Waals surface area contributed by atoms with Crippen molar-refractivity contribution in [3.8, 4) is 0 Å². The molecule has 98 valence electrons. The molecule has 1 aliphatic rings. The highest BCUT2D eigenvalue weighted by molar-refractivity contribution is 6.30. The van der Waals surface area contributed by atoms with Crippen LogP contribution >= 0.6 is 11.6 Å². The maximum atomic E-state index is 11.7. The summed E-state index contributed by atoms with van der Waals surface area (Å²) in [5, 5.41) is 7.08. The van der Waals surface area contributed by atoms with Crippen molar-refractivity contribution < 1.29 is 4.79 Å². The summed E-state index contributed by atoms with van der Waals surface area (Å²) in [6.45, 7) is 1.87. The Morgan fingerprint density at radius 3 is 2.83 bits per heavy atom. The van der Waals surface area contributed by atoms with Gasteiger partial charge in [0.1, 0.15) is 0 Å². The largest absolute Gasteiger partial charge is 0.356 e. The van der Waals surface area contributed by atoms with E-state index >= 15 is 0 Å². The zero-order valence-electron chi connectivity index (χ0n) is 10.4. The molecule has 1 amide bonds. The van der Waals surface area contributed by atoms with Gasteiger partial charge < -0.3 is 10.6 Å². The molecule has 0 spiro atoms. The molecule has 2 rings (SSSR count). The Labute approximate surface area is 113 Å². The summed E-state index contributed by atoms with van der Waals surface area (Å²) in [7, 11) is 0. The van der Waals surface area contributed by atoms with Gasteiger partial charge in [-0.25, -0.2) is 0 Å². The van der Waals surface area contributed by atoms with Crippen LogP contribution in [0.5, 0.6) is 0 Å². The Kier molecular flexibility index (Phi) is 5.02. The van der Waals surface area contributed by atoms with Crippen molar-refractivity contribution in [1.82, 2.24) is 10.6 Å². The number of halogens is 1.